The molecule has 0 aromatic carbocycles. The van der Waals surface area contributed by atoms with Crippen LogP contribution in [0.3, 0.4) is 0 Å². The van der Waals surface area contributed by atoms with Crippen molar-refractivity contribution in [3.8, 4) is 0 Å². The van der Waals surface area contributed by atoms with Crippen molar-refractivity contribution < 1.29 is 9.47 Å². The van der Waals surface area contributed by atoms with Crippen molar-refractivity contribution in [3.63, 3.8) is 0 Å². The minimum atomic E-state index is 0.313. The van der Waals surface area contributed by atoms with Crippen LogP contribution in [0.25, 0.3) is 0 Å². The predicted molar refractivity (Wildman–Crippen MR) is 90.2 cm³/mol. The fourth-order valence-corrected chi connectivity index (χ4v) is 2.33. The molecular formula is C19H30O2. The lowest BCUT2D eigenvalue weighted by Gasteiger charge is -2.23. The largest absolute Gasteiger partial charge is 0.495 e. The van der Waals surface area contributed by atoms with Gasteiger partial charge in [0.2, 0.25) is 0 Å². The van der Waals surface area contributed by atoms with Gasteiger partial charge in [0.25, 0.3) is 0 Å². The highest BCUT2D eigenvalue weighted by molar-refractivity contribution is 5.42. The van der Waals surface area contributed by atoms with Crippen LogP contribution in [0.1, 0.15) is 53.9 Å². The smallest absolute Gasteiger partial charge is 0.103 e. The summed E-state index contributed by atoms with van der Waals surface area (Å²) in [7, 11) is 0. The molecule has 0 spiro atoms. The molecule has 21 heavy (non-hydrogen) atoms. The van der Waals surface area contributed by atoms with E-state index in [0.29, 0.717) is 6.10 Å². The molecule has 1 aliphatic rings. The molecule has 1 aliphatic heterocycles. The molecule has 0 radical (unpaired) electrons. The molecule has 0 saturated carbocycles. The van der Waals surface area contributed by atoms with Gasteiger partial charge in [-0.15, -0.1) is 0 Å². The Labute approximate surface area is 130 Å². The van der Waals surface area contributed by atoms with Crippen LogP contribution < -0.4 is 0 Å². The molecule has 0 aliphatic carbocycles. The number of hydrogen-bond donors (Lipinski definition) is 0. The first kappa shape index (κ1) is 17.8. The molecule has 1 heterocycles. The number of allylic oxidation sites excluding steroid dienone is 8. The molecule has 118 valence electrons. The first-order valence-electron chi connectivity index (χ1n) is 8.00. The average molecular weight is 290 g/mol. The van der Waals surface area contributed by atoms with Gasteiger partial charge in [-0.25, -0.2) is 0 Å². The van der Waals surface area contributed by atoms with Gasteiger partial charge in [-0.1, -0.05) is 30.7 Å². The summed E-state index contributed by atoms with van der Waals surface area (Å²) in [4.78, 5) is 0. The lowest BCUT2D eigenvalue weighted by molar-refractivity contribution is -0.00335. The highest BCUT2D eigenvalue weighted by Crippen LogP contribution is 2.19. The summed E-state index contributed by atoms with van der Waals surface area (Å²) in [5.74, 6) is 0.977. The fraction of sp³-hybridized carbons (Fsp3) is 0.579. The first-order valence-corrected chi connectivity index (χ1v) is 8.00. The Morgan fingerprint density at radius 3 is 2.43 bits per heavy atom. The summed E-state index contributed by atoms with van der Waals surface area (Å²) in [6.45, 7) is 12.3. The molecular weight excluding hydrogens is 260 g/mol. The van der Waals surface area contributed by atoms with Crippen molar-refractivity contribution in [2.24, 2.45) is 0 Å². The number of ether oxygens (including phenoxy) is 2. The van der Waals surface area contributed by atoms with Crippen molar-refractivity contribution in [3.05, 3.63) is 46.8 Å². The van der Waals surface area contributed by atoms with Gasteiger partial charge in [-0.2, -0.15) is 0 Å². The normalized spacial score (nSPS) is 19.9. The zero-order valence-electron chi connectivity index (χ0n) is 14.2. The summed E-state index contributed by atoms with van der Waals surface area (Å²) < 4.78 is 11.3. The van der Waals surface area contributed by atoms with Crippen molar-refractivity contribution in [1.82, 2.24) is 0 Å². The maximum Gasteiger partial charge on any atom is 0.103 e. The van der Waals surface area contributed by atoms with E-state index in [4.69, 9.17) is 9.47 Å². The van der Waals surface area contributed by atoms with E-state index < -0.39 is 0 Å². The van der Waals surface area contributed by atoms with E-state index in [1.54, 1.807) is 0 Å². The van der Waals surface area contributed by atoms with Crippen LogP contribution in [0.2, 0.25) is 0 Å². The van der Waals surface area contributed by atoms with E-state index in [2.05, 4.69) is 52.0 Å². The van der Waals surface area contributed by atoms with Crippen LogP contribution in [0, 0.1) is 0 Å². The van der Waals surface area contributed by atoms with Crippen molar-refractivity contribution in [2.75, 3.05) is 13.2 Å². The Bertz CT molecular complexity index is 432. The summed E-state index contributed by atoms with van der Waals surface area (Å²) >= 11 is 0. The van der Waals surface area contributed by atoms with Crippen LogP contribution in [-0.2, 0) is 9.47 Å². The minimum absolute atomic E-state index is 0.313. The lowest BCUT2D eigenvalue weighted by atomic mass is 9.99. The van der Waals surface area contributed by atoms with Crippen LogP contribution in [0.5, 0.6) is 0 Å². The Morgan fingerprint density at radius 1 is 1.19 bits per heavy atom. The monoisotopic (exact) mass is 290 g/mol. The van der Waals surface area contributed by atoms with Gasteiger partial charge >= 0.3 is 0 Å². The van der Waals surface area contributed by atoms with E-state index in [1.807, 2.05) is 6.92 Å². The zero-order valence-corrected chi connectivity index (χ0v) is 14.2. The van der Waals surface area contributed by atoms with Gasteiger partial charge in [0, 0.05) is 12.8 Å². The van der Waals surface area contributed by atoms with Gasteiger partial charge in [0.15, 0.2) is 0 Å². The van der Waals surface area contributed by atoms with Crippen LogP contribution in [0.15, 0.2) is 46.8 Å². The van der Waals surface area contributed by atoms with Gasteiger partial charge in [0.1, 0.15) is 6.10 Å². The van der Waals surface area contributed by atoms with E-state index in [-0.39, 0.29) is 0 Å². The molecule has 0 amide bonds. The SMILES string of the molecule is C/C=C(\C)C(/C=C\C=C(/C)OC1CCOCC1)=C(C)CC. The van der Waals surface area contributed by atoms with Gasteiger partial charge in [0.05, 0.1) is 19.0 Å². The fourth-order valence-electron chi connectivity index (χ4n) is 2.33. The zero-order chi connectivity index (χ0) is 15.7. The van der Waals surface area contributed by atoms with Crippen molar-refractivity contribution >= 4 is 0 Å². The molecule has 2 nitrogen and oxygen atoms in total. The Kier molecular flexibility index (Phi) is 8.14. The second kappa shape index (κ2) is 9.62. The summed E-state index contributed by atoms with van der Waals surface area (Å²) in [5, 5.41) is 0. The highest BCUT2D eigenvalue weighted by Gasteiger charge is 2.14. The summed E-state index contributed by atoms with van der Waals surface area (Å²) in [6, 6.07) is 0. The quantitative estimate of drug-likeness (QED) is 0.486. The molecule has 0 bridgehead atoms. The van der Waals surface area contributed by atoms with E-state index in [1.165, 1.54) is 16.7 Å². The predicted octanol–water partition coefficient (Wildman–Crippen LogP) is 5.33. The molecule has 1 fully saturated rings. The second-order valence-corrected chi connectivity index (χ2v) is 5.59. The molecule has 0 unspecified atom stereocenters. The minimum Gasteiger partial charge on any atom is -0.495 e. The van der Waals surface area contributed by atoms with Gasteiger partial charge in [-0.3, -0.25) is 0 Å². The third-order valence-corrected chi connectivity index (χ3v) is 3.96. The van der Waals surface area contributed by atoms with Crippen LogP contribution in [-0.4, -0.2) is 19.3 Å². The van der Waals surface area contributed by atoms with Gasteiger partial charge < -0.3 is 9.47 Å². The average Bonchev–Trinajstić information content (AvgIpc) is 2.51. The standard InChI is InChI=1S/C19H30O2/c1-6-15(3)19(16(4)7-2)10-8-9-17(5)21-18-11-13-20-14-12-18/h6,8-10,18H,7,11-14H2,1-5H3/b10-8-,15-6+,17-9+,19-16?. The third kappa shape index (κ3) is 6.34. The summed E-state index contributed by atoms with van der Waals surface area (Å²) in [6.07, 6.45) is 11.9. The summed E-state index contributed by atoms with van der Waals surface area (Å²) in [5.41, 5.74) is 4.07. The number of rotatable bonds is 6. The first-order chi connectivity index (χ1) is 10.1. The molecule has 0 aromatic heterocycles. The van der Waals surface area contributed by atoms with Crippen LogP contribution >= 0.6 is 0 Å². The Morgan fingerprint density at radius 2 is 1.86 bits per heavy atom. The molecule has 0 N–H and O–H groups in total. The van der Waals surface area contributed by atoms with E-state index >= 15 is 0 Å². The lowest BCUT2D eigenvalue weighted by Crippen LogP contribution is -2.22. The van der Waals surface area contributed by atoms with Gasteiger partial charge in [-0.05, 0) is 51.3 Å². The topological polar surface area (TPSA) is 18.5 Å². The number of hydrogen-bond acceptors (Lipinski definition) is 2. The molecule has 0 atom stereocenters. The Hall–Kier alpha value is -1.28. The molecule has 0 aromatic rings. The van der Waals surface area contributed by atoms with Crippen LogP contribution in [0.4, 0.5) is 0 Å². The maximum atomic E-state index is 5.95. The second-order valence-electron chi connectivity index (χ2n) is 5.59. The highest BCUT2D eigenvalue weighted by atomic mass is 16.5. The Balaban J connectivity index is 2.66. The van der Waals surface area contributed by atoms with E-state index in [9.17, 15) is 0 Å². The molecule has 1 saturated heterocycles. The third-order valence-electron chi connectivity index (χ3n) is 3.96. The van der Waals surface area contributed by atoms with Crippen molar-refractivity contribution in [2.45, 2.75) is 60.0 Å². The molecule has 1 rings (SSSR count). The molecule has 2 heteroatoms. The van der Waals surface area contributed by atoms with Crippen molar-refractivity contribution in [1.29, 1.82) is 0 Å². The van der Waals surface area contributed by atoms with E-state index in [0.717, 1.165) is 38.2 Å². The maximum absolute atomic E-state index is 5.95.